The van der Waals surface area contributed by atoms with Crippen LogP contribution in [0.2, 0.25) is 5.04 Å². The van der Waals surface area contributed by atoms with Crippen molar-refractivity contribution < 1.29 is 0 Å². The molecular formula is C7H13Cl3Si. The Hall–Kier alpha value is 1.09. The van der Waals surface area contributed by atoms with E-state index in [1.54, 1.807) is 0 Å². The third-order valence-electron chi connectivity index (χ3n) is 2.58. The van der Waals surface area contributed by atoms with Crippen molar-refractivity contribution >= 4 is 41.2 Å². The Labute approximate surface area is 84.2 Å². The molecule has 1 aliphatic carbocycles. The molecule has 1 rings (SSSR count). The molecule has 0 bridgehead atoms. The molecule has 1 saturated carbocycles. The van der Waals surface area contributed by atoms with E-state index in [0.29, 0.717) is 5.88 Å². The largest absolute Gasteiger partial charge is 0.244 e. The number of alkyl halides is 1. The zero-order valence-electron chi connectivity index (χ0n) is 6.45. The molecule has 0 atom stereocenters. The van der Waals surface area contributed by atoms with Crippen molar-refractivity contribution in [1.29, 1.82) is 0 Å². The highest BCUT2D eigenvalue weighted by Crippen LogP contribution is 2.48. The molecule has 0 aromatic heterocycles. The number of hydrogen-bond donors (Lipinski definition) is 0. The minimum atomic E-state index is -1.58. The molecule has 0 aromatic carbocycles. The second kappa shape index (κ2) is 4.36. The monoisotopic (exact) mass is 230 g/mol. The molecule has 0 radical (unpaired) electrons. The maximum atomic E-state index is 6.03. The topological polar surface area (TPSA) is 0 Å². The van der Waals surface area contributed by atoms with E-state index >= 15 is 0 Å². The van der Waals surface area contributed by atoms with Crippen LogP contribution in [0.5, 0.6) is 0 Å². The van der Waals surface area contributed by atoms with Crippen LogP contribution in [-0.2, 0) is 0 Å². The van der Waals surface area contributed by atoms with Crippen LogP contribution in [-0.4, -0.2) is 13.3 Å². The Balaban J connectivity index is 2.57. The molecule has 1 fully saturated rings. The van der Waals surface area contributed by atoms with Crippen molar-refractivity contribution in [2.75, 3.05) is 5.88 Å². The average Bonchev–Trinajstić information content (AvgIpc) is 2.05. The van der Waals surface area contributed by atoms with Crippen molar-refractivity contribution in [2.24, 2.45) is 0 Å². The van der Waals surface area contributed by atoms with Gasteiger partial charge in [-0.2, -0.15) is 0 Å². The number of halogens is 3. The van der Waals surface area contributed by atoms with Crippen LogP contribution in [0.4, 0.5) is 0 Å². The fraction of sp³-hybridized carbons (Fsp3) is 1.00. The van der Waals surface area contributed by atoms with Crippen molar-refractivity contribution in [2.45, 2.75) is 37.1 Å². The first kappa shape index (κ1) is 10.2. The summed E-state index contributed by atoms with van der Waals surface area (Å²) in [5.74, 6) is 0.664. The Morgan fingerprint density at radius 1 is 1.09 bits per heavy atom. The van der Waals surface area contributed by atoms with Gasteiger partial charge in [-0.25, -0.2) is 0 Å². The smallest absolute Gasteiger partial charge is 0.150 e. The molecule has 0 aromatic rings. The molecule has 0 unspecified atom stereocenters. The molecule has 0 aliphatic heterocycles. The van der Waals surface area contributed by atoms with Gasteiger partial charge in [0.15, 0.2) is 0 Å². The van der Waals surface area contributed by atoms with Gasteiger partial charge < -0.3 is 0 Å². The Kier molecular flexibility index (Phi) is 4.03. The standard InChI is InChI=1S/C7H13Cl3Si/c8-6-7(11(9)10)4-2-1-3-5-7/h11H,1-6H2. The van der Waals surface area contributed by atoms with Gasteiger partial charge in [-0.15, -0.1) is 33.8 Å². The molecular weight excluding hydrogens is 219 g/mol. The van der Waals surface area contributed by atoms with Gasteiger partial charge in [0.2, 0.25) is 7.42 Å². The Morgan fingerprint density at radius 2 is 1.64 bits per heavy atom. The maximum Gasteiger partial charge on any atom is 0.244 e. The van der Waals surface area contributed by atoms with Crippen LogP contribution >= 0.6 is 33.8 Å². The van der Waals surface area contributed by atoms with Crippen LogP contribution in [0.1, 0.15) is 32.1 Å². The van der Waals surface area contributed by atoms with Crippen molar-refractivity contribution in [3.8, 4) is 0 Å². The highest BCUT2D eigenvalue weighted by atomic mass is 35.7. The molecule has 0 amide bonds. The van der Waals surface area contributed by atoms with E-state index in [1.807, 2.05) is 0 Å². The summed E-state index contributed by atoms with van der Waals surface area (Å²) in [5, 5.41) is 0.156. The van der Waals surface area contributed by atoms with Gasteiger partial charge in [-0.3, -0.25) is 0 Å². The minimum Gasteiger partial charge on any atom is -0.150 e. The molecule has 11 heavy (non-hydrogen) atoms. The zero-order chi connectivity index (χ0) is 8.32. The third-order valence-corrected chi connectivity index (χ3v) is 7.85. The summed E-state index contributed by atoms with van der Waals surface area (Å²) in [5.41, 5.74) is 0. The molecule has 4 heteroatoms. The number of rotatable bonds is 2. The fourth-order valence-electron chi connectivity index (χ4n) is 1.67. The normalized spacial score (nSPS) is 24.0. The van der Waals surface area contributed by atoms with E-state index in [-0.39, 0.29) is 5.04 Å². The van der Waals surface area contributed by atoms with Gasteiger partial charge in [-0.1, -0.05) is 19.3 Å². The van der Waals surface area contributed by atoms with Crippen LogP contribution in [0, 0.1) is 0 Å². The summed E-state index contributed by atoms with van der Waals surface area (Å²) < 4.78 is 0. The zero-order valence-corrected chi connectivity index (χ0v) is 9.88. The molecule has 0 nitrogen and oxygen atoms in total. The van der Waals surface area contributed by atoms with Crippen LogP contribution in [0.25, 0.3) is 0 Å². The third kappa shape index (κ3) is 2.27. The quantitative estimate of drug-likeness (QED) is 0.387. The summed E-state index contributed by atoms with van der Waals surface area (Å²) in [6, 6.07) is 0. The SMILES string of the molecule is ClCC1([SiH](Cl)Cl)CCCCC1. The summed E-state index contributed by atoms with van der Waals surface area (Å²) in [6.07, 6.45) is 6.15. The second-order valence-corrected chi connectivity index (χ2v) is 8.74. The number of hydrogen-bond acceptors (Lipinski definition) is 0. The molecule has 66 valence electrons. The summed E-state index contributed by atoms with van der Waals surface area (Å²) in [7, 11) is -1.58. The average molecular weight is 232 g/mol. The van der Waals surface area contributed by atoms with Gasteiger partial charge in [0, 0.05) is 10.9 Å². The van der Waals surface area contributed by atoms with Gasteiger partial charge in [0.05, 0.1) is 0 Å². The highest BCUT2D eigenvalue weighted by molar-refractivity contribution is 7.35. The minimum absolute atomic E-state index is 0.156. The first-order chi connectivity index (χ1) is 5.21. The second-order valence-electron chi connectivity index (χ2n) is 3.36. The molecule has 1 aliphatic rings. The summed E-state index contributed by atoms with van der Waals surface area (Å²) in [4.78, 5) is 0. The van der Waals surface area contributed by atoms with Crippen LogP contribution in [0.3, 0.4) is 0 Å². The van der Waals surface area contributed by atoms with E-state index in [2.05, 4.69) is 0 Å². The first-order valence-electron chi connectivity index (χ1n) is 4.05. The molecule has 0 heterocycles. The van der Waals surface area contributed by atoms with Crippen molar-refractivity contribution in [1.82, 2.24) is 0 Å². The summed E-state index contributed by atoms with van der Waals surface area (Å²) in [6.45, 7) is 0. The van der Waals surface area contributed by atoms with Crippen molar-refractivity contribution in [3.63, 3.8) is 0 Å². The van der Waals surface area contributed by atoms with Crippen LogP contribution in [0.15, 0.2) is 0 Å². The highest BCUT2D eigenvalue weighted by Gasteiger charge is 2.38. The predicted octanol–water partition coefficient (Wildman–Crippen LogP) is 3.63. The lowest BCUT2D eigenvalue weighted by molar-refractivity contribution is 0.404. The van der Waals surface area contributed by atoms with Gasteiger partial charge in [0.25, 0.3) is 0 Å². The Morgan fingerprint density at radius 3 is 1.91 bits per heavy atom. The predicted molar refractivity (Wildman–Crippen MR) is 55.4 cm³/mol. The molecule has 0 N–H and O–H groups in total. The Bertz CT molecular complexity index is 121. The van der Waals surface area contributed by atoms with E-state index < -0.39 is 7.42 Å². The van der Waals surface area contributed by atoms with Gasteiger partial charge in [0.1, 0.15) is 0 Å². The first-order valence-corrected chi connectivity index (χ1v) is 8.66. The maximum absolute atomic E-state index is 6.03. The van der Waals surface area contributed by atoms with Crippen LogP contribution < -0.4 is 0 Å². The lowest BCUT2D eigenvalue weighted by atomic mass is 9.89. The van der Waals surface area contributed by atoms with E-state index in [4.69, 9.17) is 33.8 Å². The summed E-state index contributed by atoms with van der Waals surface area (Å²) >= 11 is 18.0. The van der Waals surface area contributed by atoms with E-state index in [9.17, 15) is 0 Å². The lowest BCUT2D eigenvalue weighted by Crippen LogP contribution is -2.28. The lowest BCUT2D eigenvalue weighted by Gasteiger charge is -2.35. The van der Waals surface area contributed by atoms with Gasteiger partial charge in [-0.05, 0) is 12.8 Å². The van der Waals surface area contributed by atoms with Gasteiger partial charge >= 0.3 is 0 Å². The van der Waals surface area contributed by atoms with E-state index in [0.717, 1.165) is 12.8 Å². The fourth-order valence-corrected chi connectivity index (χ4v) is 5.60. The molecule has 0 spiro atoms. The van der Waals surface area contributed by atoms with Crippen molar-refractivity contribution in [3.05, 3.63) is 0 Å². The molecule has 0 saturated heterocycles. The van der Waals surface area contributed by atoms with E-state index in [1.165, 1.54) is 19.3 Å².